The number of carbonyl (C=O) groups excluding carboxylic acids is 1. The summed E-state index contributed by atoms with van der Waals surface area (Å²) in [6.45, 7) is 3.06. The van der Waals surface area contributed by atoms with Gasteiger partial charge >= 0.3 is 5.00 Å². The van der Waals surface area contributed by atoms with Crippen molar-refractivity contribution in [1.82, 2.24) is 4.57 Å². The molecular weight excluding hydrogens is 362 g/mol. The van der Waals surface area contributed by atoms with E-state index in [0.29, 0.717) is 18.0 Å². The minimum atomic E-state index is -0.511. The number of nitrogens with zero attached hydrogens (tertiary/aromatic N) is 3. The SMILES string of the molecule is COCCn1c(=NC(=O)c2ccc([N+](=O)[O-])s2)sc2cc(C)ccc21. The van der Waals surface area contributed by atoms with E-state index in [-0.39, 0.29) is 9.88 Å². The van der Waals surface area contributed by atoms with E-state index in [4.69, 9.17) is 4.74 Å². The smallest absolute Gasteiger partial charge is 0.324 e. The Hall–Kier alpha value is -2.36. The predicted molar refractivity (Wildman–Crippen MR) is 97.3 cm³/mol. The lowest BCUT2D eigenvalue weighted by Crippen LogP contribution is -2.19. The van der Waals surface area contributed by atoms with Crippen molar-refractivity contribution in [2.24, 2.45) is 4.99 Å². The average Bonchev–Trinajstić information content (AvgIpc) is 3.17. The van der Waals surface area contributed by atoms with Crippen LogP contribution < -0.4 is 4.80 Å². The first-order valence-electron chi connectivity index (χ1n) is 7.42. The van der Waals surface area contributed by atoms with E-state index >= 15 is 0 Å². The van der Waals surface area contributed by atoms with Crippen molar-refractivity contribution in [3.05, 3.63) is 55.7 Å². The number of fused-ring (bicyclic) bond motifs is 1. The summed E-state index contributed by atoms with van der Waals surface area (Å²) in [5, 5.41) is 10.7. The number of methoxy groups -OCH3 is 1. The third-order valence-electron chi connectivity index (χ3n) is 3.54. The fourth-order valence-corrected chi connectivity index (χ4v) is 4.20. The molecule has 0 saturated carbocycles. The van der Waals surface area contributed by atoms with Gasteiger partial charge in [0.15, 0.2) is 4.80 Å². The molecule has 0 aliphatic heterocycles. The zero-order valence-electron chi connectivity index (χ0n) is 13.6. The van der Waals surface area contributed by atoms with Gasteiger partial charge in [0, 0.05) is 19.7 Å². The number of aromatic nitrogens is 1. The number of thiophene rings is 1. The molecule has 3 rings (SSSR count). The molecule has 0 aliphatic rings. The Labute approximate surface area is 151 Å². The van der Waals surface area contributed by atoms with E-state index in [1.54, 1.807) is 7.11 Å². The molecule has 0 radical (unpaired) electrons. The van der Waals surface area contributed by atoms with Crippen molar-refractivity contribution in [2.45, 2.75) is 13.5 Å². The first-order chi connectivity index (χ1) is 12.0. The Kier molecular flexibility index (Phi) is 5.07. The van der Waals surface area contributed by atoms with Crippen LogP contribution in [0.2, 0.25) is 0 Å². The van der Waals surface area contributed by atoms with Crippen molar-refractivity contribution in [1.29, 1.82) is 0 Å². The van der Waals surface area contributed by atoms with Crippen LogP contribution in [0.25, 0.3) is 10.2 Å². The highest BCUT2D eigenvalue weighted by Gasteiger charge is 2.15. The van der Waals surface area contributed by atoms with E-state index in [0.717, 1.165) is 27.1 Å². The van der Waals surface area contributed by atoms with E-state index in [1.807, 2.05) is 29.7 Å². The lowest BCUT2D eigenvalue weighted by atomic mass is 10.2. The van der Waals surface area contributed by atoms with Gasteiger partial charge in [0.1, 0.15) is 4.88 Å². The Morgan fingerprint density at radius 3 is 2.80 bits per heavy atom. The molecule has 3 aromatic rings. The Morgan fingerprint density at radius 2 is 2.12 bits per heavy atom. The highest BCUT2D eigenvalue weighted by molar-refractivity contribution is 7.17. The number of nitro groups is 1. The standard InChI is InChI=1S/C16H15N3O4S2/c1-10-3-4-11-13(9-10)25-16(18(11)7-8-23-2)17-15(20)12-5-6-14(24-12)19(21)22/h3-6,9H,7-8H2,1-2H3. The monoisotopic (exact) mass is 377 g/mol. The zero-order chi connectivity index (χ0) is 18.0. The number of thiazole rings is 1. The molecule has 7 nitrogen and oxygen atoms in total. The van der Waals surface area contributed by atoms with Crippen LogP contribution in [0, 0.1) is 17.0 Å². The molecule has 9 heteroatoms. The van der Waals surface area contributed by atoms with E-state index in [1.165, 1.54) is 23.5 Å². The summed E-state index contributed by atoms with van der Waals surface area (Å²) in [6.07, 6.45) is 0. The molecule has 0 fully saturated rings. The number of ether oxygens (including phenoxy) is 1. The summed E-state index contributed by atoms with van der Waals surface area (Å²) in [4.78, 5) is 27.7. The average molecular weight is 377 g/mol. The zero-order valence-corrected chi connectivity index (χ0v) is 15.2. The van der Waals surface area contributed by atoms with Gasteiger partial charge in [0.05, 0.1) is 21.7 Å². The quantitative estimate of drug-likeness (QED) is 0.504. The molecule has 130 valence electrons. The van der Waals surface area contributed by atoms with Gasteiger partial charge in [-0.3, -0.25) is 14.9 Å². The number of aryl methyl sites for hydroxylation is 1. The molecule has 1 aromatic carbocycles. The topological polar surface area (TPSA) is 86.7 Å². The van der Waals surface area contributed by atoms with Gasteiger partial charge in [-0.25, -0.2) is 0 Å². The molecule has 0 saturated heterocycles. The van der Waals surface area contributed by atoms with Gasteiger partial charge in [0.2, 0.25) is 0 Å². The third-order valence-corrected chi connectivity index (χ3v) is 5.60. The second kappa shape index (κ2) is 7.26. The fraction of sp³-hybridized carbons (Fsp3) is 0.250. The summed E-state index contributed by atoms with van der Waals surface area (Å²) in [5.74, 6) is -0.479. The minimum Gasteiger partial charge on any atom is -0.383 e. The van der Waals surface area contributed by atoms with Gasteiger partial charge in [-0.05, 0) is 30.7 Å². The second-order valence-corrected chi connectivity index (χ2v) is 7.38. The molecule has 0 unspecified atom stereocenters. The molecule has 0 aliphatic carbocycles. The van der Waals surface area contributed by atoms with Crippen molar-refractivity contribution in [3.8, 4) is 0 Å². The van der Waals surface area contributed by atoms with Gasteiger partial charge in [0.25, 0.3) is 5.91 Å². The van der Waals surface area contributed by atoms with Crippen molar-refractivity contribution < 1.29 is 14.5 Å². The second-order valence-electron chi connectivity index (χ2n) is 5.31. The van der Waals surface area contributed by atoms with Gasteiger partial charge in [-0.2, -0.15) is 4.99 Å². The Balaban J connectivity index is 2.07. The molecule has 2 aromatic heterocycles. The summed E-state index contributed by atoms with van der Waals surface area (Å²) in [5.41, 5.74) is 2.11. The van der Waals surface area contributed by atoms with E-state index < -0.39 is 10.8 Å². The van der Waals surface area contributed by atoms with Crippen LogP contribution >= 0.6 is 22.7 Å². The van der Waals surface area contributed by atoms with Crippen LogP contribution in [0.3, 0.4) is 0 Å². The highest BCUT2D eigenvalue weighted by Crippen LogP contribution is 2.24. The maximum Gasteiger partial charge on any atom is 0.324 e. The lowest BCUT2D eigenvalue weighted by molar-refractivity contribution is -0.380. The van der Waals surface area contributed by atoms with Gasteiger partial charge in [-0.1, -0.05) is 28.7 Å². The lowest BCUT2D eigenvalue weighted by Gasteiger charge is -2.04. The minimum absolute atomic E-state index is 0.0715. The number of amides is 1. The summed E-state index contributed by atoms with van der Waals surface area (Å²) in [6, 6.07) is 8.80. The van der Waals surface area contributed by atoms with Crippen LogP contribution in [0.15, 0.2) is 35.3 Å². The number of rotatable bonds is 5. The predicted octanol–water partition coefficient (Wildman–Crippen LogP) is 3.37. The normalized spacial score (nSPS) is 12.0. The van der Waals surface area contributed by atoms with Crippen LogP contribution in [-0.2, 0) is 11.3 Å². The Bertz CT molecular complexity index is 1020. The maximum atomic E-state index is 12.4. The van der Waals surface area contributed by atoms with Crippen LogP contribution in [0.5, 0.6) is 0 Å². The largest absolute Gasteiger partial charge is 0.383 e. The van der Waals surface area contributed by atoms with E-state index in [2.05, 4.69) is 4.99 Å². The number of carbonyl (C=O) groups is 1. The van der Waals surface area contributed by atoms with Crippen molar-refractivity contribution >= 4 is 43.8 Å². The molecule has 0 bridgehead atoms. The number of hydrogen-bond acceptors (Lipinski definition) is 6. The summed E-state index contributed by atoms with van der Waals surface area (Å²) >= 11 is 2.24. The molecule has 25 heavy (non-hydrogen) atoms. The fourth-order valence-electron chi connectivity index (χ4n) is 2.35. The summed E-state index contributed by atoms with van der Waals surface area (Å²) < 4.78 is 8.11. The first kappa shape index (κ1) is 17.5. The van der Waals surface area contributed by atoms with Crippen LogP contribution in [0.4, 0.5) is 5.00 Å². The highest BCUT2D eigenvalue weighted by atomic mass is 32.1. The van der Waals surface area contributed by atoms with Crippen LogP contribution in [-0.4, -0.2) is 29.1 Å². The van der Waals surface area contributed by atoms with Crippen molar-refractivity contribution in [2.75, 3.05) is 13.7 Å². The first-order valence-corrected chi connectivity index (χ1v) is 9.05. The number of benzene rings is 1. The molecule has 0 spiro atoms. The van der Waals surface area contributed by atoms with E-state index in [9.17, 15) is 14.9 Å². The summed E-state index contributed by atoms with van der Waals surface area (Å²) in [7, 11) is 1.62. The molecule has 1 amide bonds. The Morgan fingerprint density at radius 1 is 1.32 bits per heavy atom. The molecule has 2 heterocycles. The number of hydrogen-bond donors (Lipinski definition) is 0. The van der Waals surface area contributed by atoms with Crippen LogP contribution in [0.1, 0.15) is 15.2 Å². The maximum absolute atomic E-state index is 12.4. The van der Waals surface area contributed by atoms with Crippen molar-refractivity contribution in [3.63, 3.8) is 0 Å². The third kappa shape index (κ3) is 3.68. The molecular formula is C16H15N3O4S2. The molecule has 0 N–H and O–H groups in total. The van der Waals surface area contributed by atoms with Gasteiger partial charge in [-0.15, -0.1) is 0 Å². The molecule has 0 atom stereocenters. The van der Waals surface area contributed by atoms with Gasteiger partial charge < -0.3 is 9.30 Å².